The van der Waals surface area contributed by atoms with Gasteiger partial charge < -0.3 is 15.0 Å². The lowest BCUT2D eigenvalue weighted by molar-refractivity contribution is 0.0600. The smallest absolute Gasteiger partial charge is 0.337 e. The molecular weight excluding hydrogens is 412 g/mol. The Hall–Kier alpha value is -4.38. The van der Waals surface area contributed by atoms with E-state index in [0.717, 1.165) is 22.5 Å². The summed E-state index contributed by atoms with van der Waals surface area (Å²) in [5, 5.41) is 2.98. The number of amides is 1. The Kier molecular flexibility index (Phi) is 6.51. The molecule has 0 aliphatic carbocycles. The van der Waals surface area contributed by atoms with Crippen LogP contribution in [0.3, 0.4) is 0 Å². The number of anilines is 3. The zero-order chi connectivity index (χ0) is 23.2. The predicted octanol–water partition coefficient (Wildman–Crippen LogP) is 6.16. The molecule has 5 nitrogen and oxygen atoms in total. The van der Waals surface area contributed by atoms with Gasteiger partial charge in [0.05, 0.1) is 24.0 Å². The highest BCUT2D eigenvalue weighted by Gasteiger charge is 2.14. The van der Waals surface area contributed by atoms with Gasteiger partial charge in [0.15, 0.2) is 0 Å². The van der Waals surface area contributed by atoms with Gasteiger partial charge in [-0.15, -0.1) is 0 Å². The van der Waals surface area contributed by atoms with Crippen molar-refractivity contribution in [1.29, 1.82) is 0 Å². The van der Waals surface area contributed by atoms with Crippen molar-refractivity contribution >= 4 is 28.9 Å². The summed E-state index contributed by atoms with van der Waals surface area (Å²) < 4.78 is 4.70. The first kappa shape index (κ1) is 21.8. The molecule has 5 heteroatoms. The van der Waals surface area contributed by atoms with Crippen molar-refractivity contribution in [2.75, 3.05) is 24.4 Å². The van der Waals surface area contributed by atoms with Crippen LogP contribution in [0.4, 0.5) is 17.1 Å². The number of carbonyl (C=O) groups excluding carboxylic acids is 2. The minimum atomic E-state index is -0.438. The average molecular weight is 437 g/mol. The Morgan fingerprint density at radius 3 is 1.94 bits per heavy atom. The van der Waals surface area contributed by atoms with E-state index >= 15 is 0 Å². The van der Waals surface area contributed by atoms with Gasteiger partial charge in [0, 0.05) is 18.3 Å². The Bertz CT molecular complexity index is 1250. The molecule has 1 amide bonds. The molecule has 0 unspecified atom stereocenters. The summed E-state index contributed by atoms with van der Waals surface area (Å²) in [4.78, 5) is 26.5. The van der Waals surface area contributed by atoms with Crippen molar-refractivity contribution in [1.82, 2.24) is 0 Å². The maximum atomic E-state index is 12.8. The Labute approximate surface area is 193 Å². The van der Waals surface area contributed by atoms with Crippen LogP contribution in [0.2, 0.25) is 0 Å². The number of ether oxygens (including phenoxy) is 1. The molecule has 0 spiro atoms. The van der Waals surface area contributed by atoms with Crippen molar-refractivity contribution in [3.63, 3.8) is 0 Å². The van der Waals surface area contributed by atoms with Gasteiger partial charge in [0.25, 0.3) is 5.91 Å². The number of nitrogens with zero attached hydrogens (tertiary/aromatic N) is 1. The van der Waals surface area contributed by atoms with Crippen LogP contribution in [-0.2, 0) is 4.74 Å². The Balaban J connectivity index is 1.53. The lowest BCUT2D eigenvalue weighted by atomic mass is 10.1. The molecule has 0 bridgehead atoms. The fourth-order valence-electron chi connectivity index (χ4n) is 3.59. The summed E-state index contributed by atoms with van der Waals surface area (Å²) in [6.45, 7) is 0. The van der Waals surface area contributed by atoms with E-state index in [1.807, 2.05) is 54.4 Å². The van der Waals surface area contributed by atoms with Crippen LogP contribution in [0.25, 0.3) is 11.1 Å². The van der Waals surface area contributed by atoms with Crippen LogP contribution in [0.1, 0.15) is 20.7 Å². The predicted molar refractivity (Wildman–Crippen MR) is 132 cm³/mol. The zero-order valence-corrected chi connectivity index (χ0v) is 18.5. The second kappa shape index (κ2) is 9.83. The summed E-state index contributed by atoms with van der Waals surface area (Å²) in [5.74, 6) is -0.695. The van der Waals surface area contributed by atoms with Crippen molar-refractivity contribution in [3.8, 4) is 11.1 Å². The molecule has 0 radical (unpaired) electrons. The van der Waals surface area contributed by atoms with Gasteiger partial charge in [0.1, 0.15) is 0 Å². The normalized spacial score (nSPS) is 10.4. The number of hydrogen-bond donors (Lipinski definition) is 1. The standard InChI is InChI=1S/C28H24N2O3/c1-30(24-18-16-21(17-19-24)20-8-4-3-5-9-20)26-11-7-6-10-25(26)29-27(31)22-12-14-23(15-13-22)28(32)33-2/h3-19H,1-2H3,(H,29,31). The molecule has 0 aliphatic heterocycles. The van der Waals surface area contributed by atoms with E-state index in [-0.39, 0.29) is 5.91 Å². The summed E-state index contributed by atoms with van der Waals surface area (Å²) in [6, 6.07) is 32.5. The van der Waals surface area contributed by atoms with Gasteiger partial charge in [-0.2, -0.15) is 0 Å². The molecule has 0 aromatic heterocycles. The third-order valence-electron chi connectivity index (χ3n) is 5.44. The number of para-hydroxylation sites is 2. The molecule has 164 valence electrons. The third kappa shape index (κ3) is 4.93. The maximum Gasteiger partial charge on any atom is 0.337 e. The quantitative estimate of drug-likeness (QED) is 0.368. The van der Waals surface area contributed by atoms with Crippen molar-refractivity contribution in [2.45, 2.75) is 0 Å². The SMILES string of the molecule is COC(=O)c1ccc(C(=O)Nc2ccccc2N(C)c2ccc(-c3ccccc3)cc2)cc1. The molecule has 4 rings (SSSR count). The largest absolute Gasteiger partial charge is 0.465 e. The average Bonchev–Trinajstić information content (AvgIpc) is 2.89. The van der Waals surface area contributed by atoms with Gasteiger partial charge in [0.2, 0.25) is 0 Å². The van der Waals surface area contributed by atoms with E-state index in [1.54, 1.807) is 24.3 Å². The lowest BCUT2D eigenvalue weighted by Gasteiger charge is -2.23. The molecule has 1 N–H and O–H groups in total. The second-order valence-electron chi connectivity index (χ2n) is 7.51. The Morgan fingerprint density at radius 2 is 1.27 bits per heavy atom. The molecule has 33 heavy (non-hydrogen) atoms. The molecule has 0 aliphatic rings. The van der Waals surface area contributed by atoms with E-state index in [2.05, 4.69) is 41.7 Å². The van der Waals surface area contributed by atoms with Gasteiger partial charge >= 0.3 is 5.97 Å². The maximum absolute atomic E-state index is 12.8. The van der Waals surface area contributed by atoms with E-state index in [9.17, 15) is 9.59 Å². The number of rotatable bonds is 6. The van der Waals surface area contributed by atoms with E-state index < -0.39 is 5.97 Å². The summed E-state index contributed by atoms with van der Waals surface area (Å²) in [5.41, 5.74) is 5.71. The minimum Gasteiger partial charge on any atom is -0.465 e. The zero-order valence-electron chi connectivity index (χ0n) is 18.5. The highest BCUT2D eigenvalue weighted by atomic mass is 16.5. The van der Waals surface area contributed by atoms with Crippen LogP contribution in [0.15, 0.2) is 103 Å². The third-order valence-corrected chi connectivity index (χ3v) is 5.44. The molecular formula is C28H24N2O3. The monoisotopic (exact) mass is 436 g/mol. The highest BCUT2D eigenvalue weighted by Crippen LogP contribution is 2.32. The summed E-state index contributed by atoms with van der Waals surface area (Å²) in [7, 11) is 3.29. The number of carbonyl (C=O) groups is 2. The van der Waals surface area contributed by atoms with Crippen LogP contribution >= 0.6 is 0 Å². The number of esters is 1. The van der Waals surface area contributed by atoms with Crippen LogP contribution in [-0.4, -0.2) is 26.0 Å². The molecule has 4 aromatic carbocycles. The fourth-order valence-corrected chi connectivity index (χ4v) is 3.59. The number of benzene rings is 4. The number of nitrogens with one attached hydrogen (secondary N) is 1. The molecule has 0 atom stereocenters. The molecule has 0 heterocycles. The lowest BCUT2D eigenvalue weighted by Crippen LogP contribution is -2.17. The summed E-state index contributed by atoms with van der Waals surface area (Å²) in [6.07, 6.45) is 0. The van der Waals surface area contributed by atoms with Crippen molar-refractivity contribution in [2.24, 2.45) is 0 Å². The Morgan fingerprint density at radius 1 is 0.697 bits per heavy atom. The van der Waals surface area contributed by atoms with Crippen LogP contribution < -0.4 is 10.2 Å². The van der Waals surface area contributed by atoms with Crippen LogP contribution in [0, 0.1) is 0 Å². The van der Waals surface area contributed by atoms with Crippen molar-refractivity contribution in [3.05, 3.63) is 114 Å². The first-order chi connectivity index (χ1) is 16.1. The van der Waals surface area contributed by atoms with Gasteiger partial charge in [-0.25, -0.2) is 4.79 Å². The second-order valence-corrected chi connectivity index (χ2v) is 7.51. The topological polar surface area (TPSA) is 58.6 Å². The van der Waals surface area contributed by atoms with Gasteiger partial charge in [-0.1, -0.05) is 54.6 Å². The van der Waals surface area contributed by atoms with E-state index in [1.165, 1.54) is 7.11 Å². The van der Waals surface area contributed by atoms with Gasteiger partial charge in [-0.3, -0.25) is 4.79 Å². The molecule has 4 aromatic rings. The van der Waals surface area contributed by atoms with Crippen molar-refractivity contribution < 1.29 is 14.3 Å². The minimum absolute atomic E-state index is 0.258. The summed E-state index contributed by atoms with van der Waals surface area (Å²) >= 11 is 0. The number of methoxy groups -OCH3 is 1. The number of hydrogen-bond acceptors (Lipinski definition) is 4. The fraction of sp³-hybridized carbons (Fsp3) is 0.0714. The van der Waals surface area contributed by atoms with E-state index in [4.69, 9.17) is 4.74 Å². The van der Waals surface area contributed by atoms with E-state index in [0.29, 0.717) is 16.8 Å². The first-order valence-electron chi connectivity index (χ1n) is 10.5. The highest BCUT2D eigenvalue weighted by molar-refractivity contribution is 6.06. The molecule has 0 saturated carbocycles. The van der Waals surface area contributed by atoms with Gasteiger partial charge in [-0.05, 0) is 59.7 Å². The van der Waals surface area contributed by atoms with Crippen LogP contribution in [0.5, 0.6) is 0 Å². The molecule has 0 fully saturated rings. The first-order valence-corrected chi connectivity index (χ1v) is 10.5. The molecule has 0 saturated heterocycles.